The molecule has 0 radical (unpaired) electrons. The number of methoxy groups -OCH3 is 1. The van der Waals surface area contributed by atoms with Gasteiger partial charge in [0.25, 0.3) is 5.91 Å². The Labute approximate surface area is 238 Å². The summed E-state index contributed by atoms with van der Waals surface area (Å²) >= 11 is 6.36. The van der Waals surface area contributed by atoms with Gasteiger partial charge in [0.05, 0.1) is 25.6 Å². The van der Waals surface area contributed by atoms with Crippen LogP contribution in [0.2, 0.25) is 5.02 Å². The van der Waals surface area contributed by atoms with Gasteiger partial charge in [0.15, 0.2) is 5.78 Å². The highest BCUT2D eigenvalue weighted by Gasteiger charge is 2.26. The number of carbonyl (C=O) groups excluding carboxylic acids is 2. The second kappa shape index (κ2) is 12.1. The SMILES string of the molecule is COc1cc(C(=O)NC2CCN(C)CC2)ccc1Nc1ncc(Cl)c(Oc2cccc3c2C(=O)C[C@@H](C)CO3)n1. The molecule has 210 valence electrons. The third-order valence-corrected chi connectivity index (χ3v) is 7.27. The molecule has 0 saturated carbocycles. The molecule has 2 N–H and O–H groups in total. The van der Waals surface area contributed by atoms with E-state index in [1.165, 1.54) is 13.3 Å². The van der Waals surface area contributed by atoms with Crippen LogP contribution >= 0.6 is 11.6 Å². The van der Waals surface area contributed by atoms with Gasteiger partial charge in [0, 0.05) is 18.0 Å². The lowest BCUT2D eigenvalue weighted by Crippen LogP contribution is -2.43. The van der Waals surface area contributed by atoms with Gasteiger partial charge in [-0.3, -0.25) is 9.59 Å². The molecule has 2 aliphatic rings. The highest BCUT2D eigenvalue weighted by Crippen LogP contribution is 2.37. The van der Waals surface area contributed by atoms with E-state index in [4.69, 9.17) is 25.8 Å². The fourth-order valence-corrected chi connectivity index (χ4v) is 4.90. The van der Waals surface area contributed by atoms with Gasteiger partial charge >= 0.3 is 0 Å². The zero-order valence-corrected chi connectivity index (χ0v) is 23.5. The van der Waals surface area contributed by atoms with Crippen LogP contribution in [-0.4, -0.2) is 66.5 Å². The Balaban J connectivity index is 1.33. The summed E-state index contributed by atoms with van der Waals surface area (Å²) in [6.07, 6.45) is 3.60. The minimum Gasteiger partial charge on any atom is -0.495 e. The first kappa shape index (κ1) is 27.7. The number of ether oxygens (including phenoxy) is 3. The van der Waals surface area contributed by atoms with Crippen LogP contribution in [0.15, 0.2) is 42.6 Å². The van der Waals surface area contributed by atoms with E-state index in [1.807, 2.05) is 6.92 Å². The molecule has 0 bridgehead atoms. The van der Waals surface area contributed by atoms with Gasteiger partial charge in [-0.25, -0.2) is 4.98 Å². The number of nitrogens with one attached hydrogen (secondary N) is 2. The maximum atomic E-state index is 12.9. The minimum absolute atomic E-state index is 0.0659. The summed E-state index contributed by atoms with van der Waals surface area (Å²) in [6.45, 7) is 4.33. The number of aromatic nitrogens is 2. The molecule has 2 aliphatic heterocycles. The zero-order chi connectivity index (χ0) is 28.2. The van der Waals surface area contributed by atoms with Crippen LogP contribution in [0.4, 0.5) is 11.6 Å². The maximum absolute atomic E-state index is 12.9. The van der Waals surface area contributed by atoms with Crippen molar-refractivity contribution in [3.05, 3.63) is 58.7 Å². The fourth-order valence-electron chi connectivity index (χ4n) is 4.77. The first-order valence-corrected chi connectivity index (χ1v) is 13.6. The molecule has 11 heteroatoms. The van der Waals surface area contributed by atoms with Crippen LogP contribution < -0.4 is 24.8 Å². The lowest BCUT2D eigenvalue weighted by atomic mass is 10.0. The van der Waals surface area contributed by atoms with Crippen molar-refractivity contribution >= 4 is 34.9 Å². The Bertz CT molecular complexity index is 1410. The Morgan fingerprint density at radius 2 is 1.98 bits per heavy atom. The van der Waals surface area contributed by atoms with Gasteiger partial charge in [0.1, 0.15) is 27.8 Å². The van der Waals surface area contributed by atoms with Crippen molar-refractivity contribution in [3.8, 4) is 23.1 Å². The number of ketones is 1. The topological polar surface area (TPSA) is 115 Å². The van der Waals surface area contributed by atoms with E-state index in [9.17, 15) is 9.59 Å². The standard InChI is InChI=1S/C29H32ClN5O5/c1-17-13-22(36)26-23(39-16-17)5-4-6-24(26)40-28-20(30)15-31-29(34-28)33-21-8-7-18(14-25(21)38-3)27(37)32-19-9-11-35(2)12-10-19/h4-8,14-15,17,19H,9-13,16H2,1-3H3,(H,32,37)(H,31,33,34)/t17-/m1/s1. The number of hydrogen-bond acceptors (Lipinski definition) is 9. The molecule has 1 aromatic heterocycles. The van der Waals surface area contributed by atoms with Crippen molar-refractivity contribution in [1.82, 2.24) is 20.2 Å². The molecule has 0 unspecified atom stereocenters. The van der Waals surface area contributed by atoms with E-state index in [2.05, 4.69) is 32.5 Å². The Morgan fingerprint density at radius 3 is 2.75 bits per heavy atom. The van der Waals surface area contributed by atoms with E-state index in [-0.39, 0.29) is 40.5 Å². The van der Waals surface area contributed by atoms with Crippen LogP contribution in [0.5, 0.6) is 23.1 Å². The average Bonchev–Trinajstić information content (AvgIpc) is 3.09. The molecule has 1 fully saturated rings. The zero-order valence-electron chi connectivity index (χ0n) is 22.7. The van der Waals surface area contributed by atoms with Crippen LogP contribution in [0.25, 0.3) is 0 Å². The molecule has 3 aromatic rings. The van der Waals surface area contributed by atoms with E-state index >= 15 is 0 Å². The average molecular weight is 566 g/mol. The monoisotopic (exact) mass is 565 g/mol. The first-order valence-electron chi connectivity index (χ1n) is 13.2. The number of rotatable bonds is 7. The molecule has 1 atom stereocenters. The Morgan fingerprint density at radius 1 is 1.18 bits per heavy atom. The van der Waals surface area contributed by atoms with E-state index in [0.29, 0.717) is 47.1 Å². The smallest absolute Gasteiger partial charge is 0.251 e. The molecule has 3 heterocycles. The normalized spacial score (nSPS) is 17.8. The third-order valence-electron chi connectivity index (χ3n) is 7.01. The summed E-state index contributed by atoms with van der Waals surface area (Å²) in [6, 6.07) is 10.4. The van der Waals surface area contributed by atoms with Gasteiger partial charge in [-0.2, -0.15) is 4.98 Å². The number of nitrogens with zero attached hydrogens (tertiary/aromatic N) is 3. The number of likely N-dealkylation sites (tertiary alicyclic amines) is 1. The summed E-state index contributed by atoms with van der Waals surface area (Å²) in [5, 5.41) is 6.39. The number of anilines is 2. The van der Waals surface area contributed by atoms with Crippen molar-refractivity contribution < 1.29 is 23.8 Å². The highest BCUT2D eigenvalue weighted by atomic mass is 35.5. The minimum atomic E-state index is -0.146. The summed E-state index contributed by atoms with van der Waals surface area (Å²) in [7, 11) is 3.61. The number of hydrogen-bond donors (Lipinski definition) is 2. The molecular weight excluding hydrogens is 534 g/mol. The van der Waals surface area contributed by atoms with Crippen LogP contribution in [-0.2, 0) is 0 Å². The number of Topliss-reactive ketones (excluding diaryl/α,β-unsaturated/α-hetero) is 1. The largest absolute Gasteiger partial charge is 0.495 e. The molecular formula is C29H32ClN5O5. The van der Waals surface area contributed by atoms with E-state index in [0.717, 1.165) is 25.9 Å². The lowest BCUT2D eigenvalue weighted by molar-refractivity contribution is 0.0915. The second-order valence-corrected chi connectivity index (χ2v) is 10.6. The Kier molecular flexibility index (Phi) is 8.37. The van der Waals surface area contributed by atoms with Gasteiger partial charge in [-0.15, -0.1) is 0 Å². The molecule has 0 aliphatic carbocycles. The maximum Gasteiger partial charge on any atom is 0.251 e. The molecule has 1 amide bonds. The van der Waals surface area contributed by atoms with Crippen LogP contribution in [0.1, 0.15) is 46.9 Å². The summed E-state index contributed by atoms with van der Waals surface area (Å²) < 4.78 is 17.4. The van der Waals surface area contributed by atoms with Gasteiger partial charge in [0.2, 0.25) is 11.8 Å². The Hall–Kier alpha value is -3.89. The first-order chi connectivity index (χ1) is 19.3. The van der Waals surface area contributed by atoms with Gasteiger partial charge in [-0.05, 0) is 69.2 Å². The molecule has 0 spiro atoms. The fraction of sp³-hybridized carbons (Fsp3) is 0.379. The molecule has 2 aromatic carbocycles. The predicted molar refractivity (Wildman–Crippen MR) is 151 cm³/mol. The molecule has 10 nitrogen and oxygen atoms in total. The van der Waals surface area contributed by atoms with E-state index in [1.54, 1.807) is 36.4 Å². The van der Waals surface area contributed by atoms with Crippen molar-refractivity contribution in [2.24, 2.45) is 5.92 Å². The van der Waals surface area contributed by atoms with Crippen molar-refractivity contribution in [2.45, 2.75) is 32.2 Å². The number of amides is 1. The van der Waals surface area contributed by atoms with Crippen molar-refractivity contribution in [1.29, 1.82) is 0 Å². The number of halogens is 1. The second-order valence-electron chi connectivity index (χ2n) is 10.2. The molecule has 40 heavy (non-hydrogen) atoms. The van der Waals surface area contributed by atoms with Crippen LogP contribution in [0, 0.1) is 5.92 Å². The van der Waals surface area contributed by atoms with Crippen LogP contribution in [0.3, 0.4) is 0 Å². The summed E-state index contributed by atoms with van der Waals surface area (Å²) in [5.74, 6) is 1.37. The number of fused-ring (bicyclic) bond motifs is 1. The van der Waals surface area contributed by atoms with Gasteiger partial charge in [-0.1, -0.05) is 24.6 Å². The molecule has 1 saturated heterocycles. The van der Waals surface area contributed by atoms with Crippen molar-refractivity contribution in [3.63, 3.8) is 0 Å². The highest BCUT2D eigenvalue weighted by molar-refractivity contribution is 6.31. The van der Waals surface area contributed by atoms with E-state index < -0.39 is 0 Å². The van der Waals surface area contributed by atoms with Gasteiger partial charge < -0.3 is 29.7 Å². The molecule has 5 rings (SSSR count). The predicted octanol–water partition coefficient (Wildman–Crippen LogP) is 5.10. The summed E-state index contributed by atoms with van der Waals surface area (Å²) in [5.41, 5.74) is 1.41. The number of carbonyl (C=O) groups is 2. The number of benzene rings is 2. The third kappa shape index (κ3) is 6.29. The van der Waals surface area contributed by atoms with Crippen molar-refractivity contribution in [2.75, 3.05) is 39.2 Å². The lowest BCUT2D eigenvalue weighted by Gasteiger charge is -2.29. The summed E-state index contributed by atoms with van der Waals surface area (Å²) in [4.78, 5) is 36.7. The number of piperidine rings is 1. The quantitative estimate of drug-likeness (QED) is 0.403.